The van der Waals surface area contributed by atoms with E-state index in [0.29, 0.717) is 16.3 Å². The molecule has 0 aliphatic heterocycles. The first-order valence-electron chi connectivity index (χ1n) is 8.52. The summed E-state index contributed by atoms with van der Waals surface area (Å²) in [5.74, 6) is -1.51. The summed E-state index contributed by atoms with van der Waals surface area (Å²) in [6.07, 6.45) is 1.44. The number of rotatable bonds is 5. The minimum absolute atomic E-state index is 0.0310. The standard InChI is InChI=1S/C22H15Cl2FN2O2/c23-15-7-11-17(12-8-15)26-22(29)20(13-14-5-9-16(25)10-6-14)27-21(28)18-3-1-2-4-19(18)24/h1-13H,(H,26,29)(H,27,28)/b20-13+. The van der Waals surface area contributed by atoms with Gasteiger partial charge in [-0.2, -0.15) is 0 Å². The Morgan fingerprint density at radius 2 is 1.52 bits per heavy atom. The van der Waals surface area contributed by atoms with Crippen molar-refractivity contribution in [3.05, 3.63) is 105 Å². The molecular formula is C22H15Cl2FN2O2. The lowest BCUT2D eigenvalue weighted by molar-refractivity contribution is -0.113. The Bertz CT molecular complexity index is 1060. The average Bonchev–Trinajstić information content (AvgIpc) is 2.71. The van der Waals surface area contributed by atoms with Gasteiger partial charge in [0.05, 0.1) is 10.6 Å². The molecule has 0 saturated heterocycles. The number of nitrogens with one attached hydrogen (secondary N) is 2. The van der Waals surface area contributed by atoms with Crippen LogP contribution in [0.3, 0.4) is 0 Å². The lowest BCUT2D eigenvalue weighted by Gasteiger charge is -2.12. The third-order valence-corrected chi connectivity index (χ3v) is 4.48. The van der Waals surface area contributed by atoms with Crippen LogP contribution in [0.4, 0.5) is 10.1 Å². The van der Waals surface area contributed by atoms with Crippen LogP contribution < -0.4 is 10.6 Å². The highest BCUT2D eigenvalue weighted by Gasteiger charge is 2.17. The van der Waals surface area contributed by atoms with E-state index in [-0.39, 0.29) is 16.3 Å². The molecule has 0 aliphatic rings. The van der Waals surface area contributed by atoms with Crippen LogP contribution in [0, 0.1) is 5.82 Å². The SMILES string of the molecule is O=C(Nc1ccc(Cl)cc1)/C(=C\c1ccc(F)cc1)NC(=O)c1ccccc1Cl. The zero-order valence-corrected chi connectivity index (χ0v) is 16.5. The first-order valence-corrected chi connectivity index (χ1v) is 9.28. The van der Waals surface area contributed by atoms with Crippen LogP contribution in [0.5, 0.6) is 0 Å². The zero-order chi connectivity index (χ0) is 20.8. The van der Waals surface area contributed by atoms with Gasteiger partial charge >= 0.3 is 0 Å². The molecule has 3 rings (SSSR count). The summed E-state index contributed by atoms with van der Waals surface area (Å²) < 4.78 is 13.2. The van der Waals surface area contributed by atoms with Gasteiger partial charge in [-0.05, 0) is 60.2 Å². The highest BCUT2D eigenvalue weighted by atomic mass is 35.5. The topological polar surface area (TPSA) is 58.2 Å². The van der Waals surface area contributed by atoms with E-state index in [1.54, 1.807) is 48.5 Å². The second-order valence-corrected chi connectivity index (χ2v) is 6.85. The van der Waals surface area contributed by atoms with Crippen molar-refractivity contribution in [2.45, 2.75) is 0 Å². The van der Waals surface area contributed by atoms with E-state index in [0.717, 1.165) is 0 Å². The van der Waals surface area contributed by atoms with Crippen molar-refractivity contribution in [3.63, 3.8) is 0 Å². The zero-order valence-electron chi connectivity index (χ0n) is 15.0. The van der Waals surface area contributed by atoms with Crippen LogP contribution >= 0.6 is 23.2 Å². The number of hydrogen-bond acceptors (Lipinski definition) is 2. The Hall–Kier alpha value is -3.15. The fourth-order valence-electron chi connectivity index (χ4n) is 2.45. The van der Waals surface area contributed by atoms with Gasteiger partial charge in [0.25, 0.3) is 11.8 Å². The molecule has 2 N–H and O–H groups in total. The van der Waals surface area contributed by atoms with Crippen molar-refractivity contribution >= 4 is 46.8 Å². The van der Waals surface area contributed by atoms with E-state index in [4.69, 9.17) is 23.2 Å². The number of benzene rings is 3. The molecular weight excluding hydrogens is 414 g/mol. The fourth-order valence-corrected chi connectivity index (χ4v) is 2.80. The highest BCUT2D eigenvalue weighted by Crippen LogP contribution is 2.17. The number of anilines is 1. The Morgan fingerprint density at radius 1 is 0.862 bits per heavy atom. The molecule has 29 heavy (non-hydrogen) atoms. The van der Waals surface area contributed by atoms with Gasteiger partial charge in [-0.1, -0.05) is 47.5 Å². The summed E-state index contributed by atoms with van der Waals surface area (Å²) in [4.78, 5) is 25.4. The van der Waals surface area contributed by atoms with Crippen LogP contribution in [-0.2, 0) is 4.79 Å². The first-order chi connectivity index (χ1) is 13.9. The minimum atomic E-state index is -0.558. The lowest BCUT2D eigenvalue weighted by Crippen LogP contribution is -2.30. The Kier molecular flexibility index (Phi) is 6.65. The van der Waals surface area contributed by atoms with E-state index in [9.17, 15) is 14.0 Å². The summed E-state index contributed by atoms with van der Waals surface area (Å²) >= 11 is 11.9. The fraction of sp³-hybridized carbons (Fsp3) is 0. The summed E-state index contributed by atoms with van der Waals surface area (Å²) in [6, 6.07) is 18.5. The quantitative estimate of drug-likeness (QED) is 0.523. The number of amides is 2. The van der Waals surface area contributed by atoms with Crippen molar-refractivity contribution < 1.29 is 14.0 Å². The normalized spacial score (nSPS) is 11.1. The van der Waals surface area contributed by atoms with E-state index in [1.165, 1.54) is 30.3 Å². The minimum Gasteiger partial charge on any atom is -0.321 e. The third-order valence-electron chi connectivity index (χ3n) is 3.89. The predicted molar refractivity (Wildman–Crippen MR) is 113 cm³/mol. The van der Waals surface area contributed by atoms with Crippen molar-refractivity contribution in [2.24, 2.45) is 0 Å². The highest BCUT2D eigenvalue weighted by molar-refractivity contribution is 6.34. The Labute approximate surface area is 177 Å². The second kappa shape index (κ2) is 9.37. The van der Waals surface area contributed by atoms with Crippen molar-refractivity contribution in [3.8, 4) is 0 Å². The van der Waals surface area contributed by atoms with E-state index >= 15 is 0 Å². The molecule has 3 aromatic rings. The first kappa shape index (κ1) is 20.6. The Morgan fingerprint density at radius 3 is 2.17 bits per heavy atom. The van der Waals surface area contributed by atoms with Crippen LogP contribution in [-0.4, -0.2) is 11.8 Å². The molecule has 0 aliphatic carbocycles. The molecule has 4 nitrogen and oxygen atoms in total. The monoisotopic (exact) mass is 428 g/mol. The van der Waals surface area contributed by atoms with Gasteiger partial charge in [-0.15, -0.1) is 0 Å². The summed E-state index contributed by atoms with van der Waals surface area (Å²) in [5, 5.41) is 6.04. The summed E-state index contributed by atoms with van der Waals surface area (Å²) in [7, 11) is 0. The van der Waals surface area contributed by atoms with Gasteiger partial charge in [0.15, 0.2) is 0 Å². The maximum absolute atomic E-state index is 13.2. The van der Waals surface area contributed by atoms with Crippen molar-refractivity contribution in [1.29, 1.82) is 0 Å². The Balaban J connectivity index is 1.89. The van der Waals surface area contributed by atoms with Gasteiger partial charge in [-0.25, -0.2) is 4.39 Å². The number of hydrogen-bond donors (Lipinski definition) is 2. The van der Waals surface area contributed by atoms with Crippen LogP contribution in [0.2, 0.25) is 10.0 Å². The van der Waals surface area contributed by atoms with E-state index in [2.05, 4.69) is 10.6 Å². The van der Waals surface area contributed by atoms with Crippen LogP contribution in [0.25, 0.3) is 6.08 Å². The molecule has 0 atom stereocenters. The van der Waals surface area contributed by atoms with Crippen LogP contribution in [0.15, 0.2) is 78.5 Å². The van der Waals surface area contributed by atoms with Crippen molar-refractivity contribution in [1.82, 2.24) is 5.32 Å². The van der Waals surface area contributed by atoms with E-state index in [1.807, 2.05) is 0 Å². The van der Waals surface area contributed by atoms with Gasteiger partial charge in [0, 0.05) is 10.7 Å². The molecule has 0 radical (unpaired) electrons. The predicted octanol–water partition coefficient (Wildman–Crippen LogP) is 5.54. The summed E-state index contributed by atoms with van der Waals surface area (Å²) in [5.41, 5.74) is 1.22. The number of carbonyl (C=O) groups is 2. The summed E-state index contributed by atoms with van der Waals surface area (Å²) in [6.45, 7) is 0. The smallest absolute Gasteiger partial charge is 0.272 e. The molecule has 0 bridgehead atoms. The average molecular weight is 429 g/mol. The molecule has 0 unspecified atom stereocenters. The van der Waals surface area contributed by atoms with E-state index < -0.39 is 17.6 Å². The molecule has 3 aromatic carbocycles. The molecule has 0 fully saturated rings. The van der Waals surface area contributed by atoms with Crippen LogP contribution in [0.1, 0.15) is 15.9 Å². The molecule has 0 aromatic heterocycles. The molecule has 0 saturated carbocycles. The lowest BCUT2D eigenvalue weighted by atomic mass is 10.1. The molecule has 146 valence electrons. The maximum Gasteiger partial charge on any atom is 0.272 e. The third kappa shape index (κ3) is 5.67. The second-order valence-electron chi connectivity index (χ2n) is 6.00. The molecule has 2 amide bonds. The molecule has 0 heterocycles. The van der Waals surface area contributed by atoms with Gasteiger partial charge in [-0.3, -0.25) is 9.59 Å². The van der Waals surface area contributed by atoms with Gasteiger partial charge in [0.1, 0.15) is 11.5 Å². The molecule has 0 spiro atoms. The van der Waals surface area contributed by atoms with Gasteiger partial charge in [0.2, 0.25) is 0 Å². The number of halogens is 3. The number of carbonyl (C=O) groups excluding carboxylic acids is 2. The largest absolute Gasteiger partial charge is 0.321 e. The molecule has 7 heteroatoms. The van der Waals surface area contributed by atoms with Gasteiger partial charge < -0.3 is 10.6 Å². The maximum atomic E-state index is 13.2. The van der Waals surface area contributed by atoms with Crippen molar-refractivity contribution in [2.75, 3.05) is 5.32 Å².